The van der Waals surface area contributed by atoms with Crippen LogP contribution in [0.2, 0.25) is 0 Å². The van der Waals surface area contributed by atoms with Gasteiger partial charge < -0.3 is 2.85 Å². The van der Waals surface area contributed by atoms with Crippen LogP contribution in [0.1, 0.15) is 42.4 Å². The smallest absolute Gasteiger partial charge is 1.00 e. The molecule has 0 aromatic carbocycles. The number of alkyl halides is 1. The zero-order valence-corrected chi connectivity index (χ0v) is 10.2. The van der Waals surface area contributed by atoms with Gasteiger partial charge in [0, 0.05) is 5.33 Å². The Hall–Kier alpha value is 1.25. The SMILES string of the molecule is CCC(C)CCCCBr.[H-].[H-].[Mg+2]. The van der Waals surface area contributed by atoms with Crippen molar-refractivity contribution in [1.82, 2.24) is 0 Å². The Kier molecular flexibility index (Phi) is 14.2. The van der Waals surface area contributed by atoms with Crippen LogP contribution >= 0.6 is 15.9 Å². The molecule has 0 N–H and O–H groups in total. The van der Waals surface area contributed by atoms with E-state index in [-0.39, 0.29) is 25.9 Å². The molecule has 0 heterocycles. The second-order valence-corrected chi connectivity index (χ2v) is 3.49. The molecule has 0 aromatic heterocycles. The van der Waals surface area contributed by atoms with Crippen LogP contribution in [0.3, 0.4) is 0 Å². The molecular formula is C8H19BrMg. The van der Waals surface area contributed by atoms with Crippen LogP contribution in [-0.4, -0.2) is 28.4 Å². The molecule has 0 aromatic rings. The first kappa shape index (κ1) is 13.8. The van der Waals surface area contributed by atoms with Gasteiger partial charge in [0.1, 0.15) is 0 Å². The normalized spacial score (nSPS) is 12.3. The molecule has 0 aliphatic rings. The summed E-state index contributed by atoms with van der Waals surface area (Å²) >= 11 is 3.42. The van der Waals surface area contributed by atoms with E-state index < -0.39 is 0 Å². The molecule has 0 saturated heterocycles. The van der Waals surface area contributed by atoms with Crippen molar-refractivity contribution in [3.8, 4) is 0 Å². The Bertz CT molecular complexity index is 65.0. The van der Waals surface area contributed by atoms with E-state index in [1.165, 1.54) is 31.0 Å². The Labute approximate surface area is 92.4 Å². The van der Waals surface area contributed by atoms with E-state index in [0.29, 0.717) is 0 Å². The van der Waals surface area contributed by atoms with Crippen molar-refractivity contribution in [2.75, 3.05) is 5.33 Å². The first-order chi connectivity index (χ1) is 4.31. The average Bonchev–Trinajstić information content (AvgIpc) is 1.89. The Morgan fingerprint density at radius 2 is 2.00 bits per heavy atom. The summed E-state index contributed by atoms with van der Waals surface area (Å²) in [5, 5.41) is 1.17. The molecule has 0 rings (SSSR count). The molecule has 60 valence electrons. The van der Waals surface area contributed by atoms with Crippen LogP contribution in [0.4, 0.5) is 0 Å². The van der Waals surface area contributed by atoms with Crippen molar-refractivity contribution in [3.05, 3.63) is 0 Å². The molecule has 0 spiro atoms. The molecule has 0 nitrogen and oxygen atoms in total. The molecule has 0 saturated carbocycles. The van der Waals surface area contributed by atoms with Gasteiger partial charge in [-0.25, -0.2) is 0 Å². The largest absolute Gasteiger partial charge is 2.00 e. The summed E-state index contributed by atoms with van der Waals surface area (Å²) in [6.07, 6.45) is 5.47. The van der Waals surface area contributed by atoms with E-state index in [1.54, 1.807) is 0 Å². The molecule has 0 fully saturated rings. The molecule has 0 bridgehead atoms. The van der Waals surface area contributed by atoms with Crippen LogP contribution < -0.4 is 0 Å². The quantitative estimate of drug-likeness (QED) is 0.377. The molecule has 0 amide bonds. The molecule has 1 unspecified atom stereocenters. The predicted molar refractivity (Wildman–Crippen MR) is 55.1 cm³/mol. The maximum absolute atomic E-state index is 3.42. The van der Waals surface area contributed by atoms with Crippen molar-refractivity contribution >= 4 is 39.0 Å². The minimum atomic E-state index is 0. The number of hydrogen-bond donors (Lipinski definition) is 0. The minimum Gasteiger partial charge on any atom is -1.00 e. The molecule has 0 radical (unpaired) electrons. The van der Waals surface area contributed by atoms with Gasteiger partial charge >= 0.3 is 23.1 Å². The first-order valence-electron chi connectivity index (χ1n) is 3.87. The van der Waals surface area contributed by atoms with Gasteiger partial charge in [-0.15, -0.1) is 0 Å². The number of rotatable bonds is 5. The molecular weight excluding hydrogens is 200 g/mol. The fraction of sp³-hybridized carbons (Fsp3) is 1.00. The van der Waals surface area contributed by atoms with E-state index in [2.05, 4.69) is 29.8 Å². The summed E-state index contributed by atoms with van der Waals surface area (Å²) in [4.78, 5) is 0. The van der Waals surface area contributed by atoms with Crippen LogP contribution in [-0.2, 0) is 0 Å². The van der Waals surface area contributed by atoms with Gasteiger partial charge in [0.15, 0.2) is 0 Å². The van der Waals surface area contributed by atoms with E-state index in [0.717, 1.165) is 5.92 Å². The fourth-order valence-corrected chi connectivity index (χ4v) is 1.19. The summed E-state index contributed by atoms with van der Waals surface area (Å²) in [5.41, 5.74) is 0. The van der Waals surface area contributed by atoms with Crippen molar-refractivity contribution in [2.24, 2.45) is 5.92 Å². The zero-order chi connectivity index (χ0) is 7.11. The van der Waals surface area contributed by atoms with E-state index in [1.807, 2.05) is 0 Å². The van der Waals surface area contributed by atoms with Gasteiger partial charge in [0.05, 0.1) is 0 Å². The molecule has 2 heteroatoms. The van der Waals surface area contributed by atoms with Crippen LogP contribution in [0, 0.1) is 5.92 Å². The van der Waals surface area contributed by atoms with E-state index in [9.17, 15) is 0 Å². The predicted octanol–water partition coefficient (Wildman–Crippen LogP) is 3.44. The van der Waals surface area contributed by atoms with E-state index in [4.69, 9.17) is 0 Å². The van der Waals surface area contributed by atoms with Crippen molar-refractivity contribution in [2.45, 2.75) is 39.5 Å². The topological polar surface area (TPSA) is 0 Å². The van der Waals surface area contributed by atoms with Crippen LogP contribution in [0.15, 0.2) is 0 Å². The standard InChI is InChI=1S/C8H17Br.Mg.2H/c1-3-8(2)6-4-5-7-9;;;/h8H,3-7H2,1-2H3;;;/q;+2;2*-1. The van der Waals surface area contributed by atoms with Gasteiger partial charge in [0.25, 0.3) is 0 Å². The van der Waals surface area contributed by atoms with E-state index >= 15 is 0 Å². The monoisotopic (exact) mass is 218 g/mol. The third kappa shape index (κ3) is 9.25. The number of halogens is 1. The van der Waals surface area contributed by atoms with Crippen molar-refractivity contribution in [3.63, 3.8) is 0 Å². The molecule has 1 atom stereocenters. The summed E-state index contributed by atoms with van der Waals surface area (Å²) in [7, 11) is 0. The summed E-state index contributed by atoms with van der Waals surface area (Å²) in [6, 6.07) is 0. The Balaban J connectivity index is -0.000000107. The summed E-state index contributed by atoms with van der Waals surface area (Å²) < 4.78 is 0. The second kappa shape index (κ2) is 10.2. The summed E-state index contributed by atoms with van der Waals surface area (Å²) in [5.74, 6) is 0.934. The van der Waals surface area contributed by atoms with Gasteiger partial charge in [-0.1, -0.05) is 49.0 Å². The van der Waals surface area contributed by atoms with Gasteiger partial charge in [-0.3, -0.25) is 0 Å². The second-order valence-electron chi connectivity index (χ2n) is 2.70. The molecule has 10 heavy (non-hydrogen) atoms. The minimum absolute atomic E-state index is 0. The van der Waals surface area contributed by atoms with Gasteiger partial charge in [0.2, 0.25) is 0 Å². The first-order valence-corrected chi connectivity index (χ1v) is 4.99. The van der Waals surface area contributed by atoms with Gasteiger partial charge in [-0.05, 0) is 12.3 Å². The van der Waals surface area contributed by atoms with Crippen LogP contribution in [0.5, 0.6) is 0 Å². The maximum Gasteiger partial charge on any atom is 2.00 e. The van der Waals surface area contributed by atoms with Crippen molar-refractivity contribution in [1.29, 1.82) is 0 Å². The molecule has 0 aliphatic carbocycles. The summed E-state index contributed by atoms with van der Waals surface area (Å²) in [6.45, 7) is 4.59. The Morgan fingerprint density at radius 1 is 1.40 bits per heavy atom. The fourth-order valence-electron chi connectivity index (χ4n) is 0.791. The zero-order valence-electron chi connectivity index (χ0n) is 9.20. The number of unbranched alkanes of at least 4 members (excludes halogenated alkanes) is 1. The van der Waals surface area contributed by atoms with Crippen LogP contribution in [0.25, 0.3) is 0 Å². The van der Waals surface area contributed by atoms with Crippen molar-refractivity contribution < 1.29 is 2.85 Å². The number of hydrogen-bond acceptors (Lipinski definition) is 0. The molecule has 0 aliphatic heterocycles. The third-order valence-electron chi connectivity index (χ3n) is 1.78. The van der Waals surface area contributed by atoms with Gasteiger partial charge in [-0.2, -0.15) is 0 Å². The Morgan fingerprint density at radius 3 is 2.40 bits per heavy atom. The average molecular weight is 219 g/mol. The maximum atomic E-state index is 3.42. The third-order valence-corrected chi connectivity index (χ3v) is 2.34.